The fourth-order valence-electron chi connectivity index (χ4n) is 4.32. The zero-order valence-corrected chi connectivity index (χ0v) is 20.1. The largest absolute Gasteiger partial charge is 0.508 e. The van der Waals surface area contributed by atoms with Gasteiger partial charge in [0.15, 0.2) is 11.5 Å². The first-order valence-electron chi connectivity index (χ1n) is 11.3. The van der Waals surface area contributed by atoms with E-state index in [1.807, 2.05) is 6.07 Å². The Morgan fingerprint density at radius 1 is 1.00 bits per heavy atom. The van der Waals surface area contributed by atoms with Gasteiger partial charge in [0.2, 0.25) is 0 Å². The van der Waals surface area contributed by atoms with Crippen molar-refractivity contribution < 1.29 is 34.2 Å². The number of non-ortho nitro benzene ring substituents is 1. The van der Waals surface area contributed by atoms with E-state index in [-0.39, 0.29) is 29.1 Å². The van der Waals surface area contributed by atoms with E-state index in [9.17, 15) is 29.9 Å². The number of amides is 1. The maximum atomic E-state index is 13.2. The quantitative estimate of drug-likeness (QED) is 0.154. The Hall–Kier alpha value is -4.86. The highest BCUT2D eigenvalue weighted by Crippen LogP contribution is 2.40. The van der Waals surface area contributed by atoms with Crippen molar-refractivity contribution in [3.63, 3.8) is 0 Å². The number of phenolic OH excluding ortho intramolecular Hbond substituents is 1. The highest BCUT2D eigenvalue weighted by atomic mass is 16.6. The van der Waals surface area contributed by atoms with Gasteiger partial charge in [0.25, 0.3) is 17.4 Å². The maximum absolute atomic E-state index is 13.2. The van der Waals surface area contributed by atoms with Crippen molar-refractivity contribution in [2.75, 3.05) is 20.8 Å². The van der Waals surface area contributed by atoms with Crippen LogP contribution in [-0.4, -0.2) is 52.5 Å². The third kappa shape index (κ3) is 4.94. The molecule has 10 heteroatoms. The molecule has 2 N–H and O–H groups in total. The van der Waals surface area contributed by atoms with Crippen LogP contribution >= 0.6 is 0 Å². The second-order valence-corrected chi connectivity index (χ2v) is 8.33. The van der Waals surface area contributed by atoms with Crippen molar-refractivity contribution in [3.05, 3.63) is 99.1 Å². The first-order valence-corrected chi connectivity index (χ1v) is 11.3. The SMILES string of the molecule is COc1ccc(CCN2C(=O)C(=O)/C(=C(\O)c3cccc([N+](=O)[O-])c3)C2c2ccc(O)cc2)cc1OC. The molecule has 190 valence electrons. The molecule has 1 amide bonds. The summed E-state index contributed by atoms with van der Waals surface area (Å²) in [4.78, 5) is 38.3. The number of phenols is 1. The van der Waals surface area contributed by atoms with Crippen LogP contribution in [0, 0.1) is 10.1 Å². The van der Waals surface area contributed by atoms with Crippen molar-refractivity contribution in [1.82, 2.24) is 4.90 Å². The van der Waals surface area contributed by atoms with Gasteiger partial charge < -0.3 is 24.6 Å². The van der Waals surface area contributed by atoms with E-state index in [0.29, 0.717) is 23.5 Å². The molecule has 0 spiro atoms. The Labute approximate surface area is 212 Å². The number of nitro benzene ring substituents is 1. The molecule has 0 aliphatic carbocycles. The van der Waals surface area contributed by atoms with E-state index in [1.54, 1.807) is 24.3 Å². The van der Waals surface area contributed by atoms with E-state index in [1.165, 1.54) is 49.5 Å². The molecule has 3 aromatic carbocycles. The number of rotatable bonds is 8. The lowest BCUT2D eigenvalue weighted by atomic mass is 9.95. The number of hydrogen-bond acceptors (Lipinski definition) is 8. The van der Waals surface area contributed by atoms with Crippen LogP contribution in [0.4, 0.5) is 5.69 Å². The van der Waals surface area contributed by atoms with Gasteiger partial charge in [-0.15, -0.1) is 0 Å². The van der Waals surface area contributed by atoms with Crippen molar-refractivity contribution in [1.29, 1.82) is 0 Å². The number of carbonyl (C=O) groups excluding carboxylic acids is 2. The Morgan fingerprint density at radius 3 is 2.35 bits per heavy atom. The fraction of sp³-hybridized carbons (Fsp3) is 0.185. The van der Waals surface area contributed by atoms with E-state index < -0.39 is 28.4 Å². The molecule has 3 aromatic rings. The van der Waals surface area contributed by atoms with Gasteiger partial charge in [-0.05, 0) is 41.8 Å². The number of carbonyl (C=O) groups is 2. The van der Waals surface area contributed by atoms with Gasteiger partial charge in [0, 0.05) is 24.2 Å². The number of benzene rings is 3. The zero-order chi connectivity index (χ0) is 26.7. The second kappa shape index (κ2) is 10.4. The number of aliphatic hydroxyl groups excluding tert-OH is 1. The van der Waals surface area contributed by atoms with Gasteiger partial charge in [-0.3, -0.25) is 19.7 Å². The molecular weight excluding hydrogens is 480 g/mol. The number of aromatic hydroxyl groups is 1. The lowest BCUT2D eigenvalue weighted by Crippen LogP contribution is -2.31. The molecule has 1 atom stereocenters. The number of Topliss-reactive ketones (excluding diaryl/α,β-unsaturated/α-hetero) is 1. The summed E-state index contributed by atoms with van der Waals surface area (Å²) < 4.78 is 10.6. The number of aliphatic hydroxyl groups is 1. The molecule has 1 saturated heterocycles. The standard InChI is InChI=1S/C27H24N2O8/c1-36-21-11-6-16(14-22(21)37-2)12-13-28-24(17-7-9-20(30)10-8-17)23(26(32)27(28)33)25(31)18-4-3-5-19(15-18)29(34)35/h3-11,14-15,24,30-31H,12-13H2,1-2H3/b25-23-. The molecule has 0 radical (unpaired) electrons. The van der Waals surface area contributed by atoms with Crippen molar-refractivity contribution in [2.45, 2.75) is 12.5 Å². The number of nitrogens with zero attached hydrogens (tertiary/aromatic N) is 2. The molecule has 4 rings (SSSR count). The van der Waals surface area contributed by atoms with Gasteiger partial charge in [0.1, 0.15) is 11.5 Å². The molecule has 0 aromatic heterocycles. The molecule has 0 saturated carbocycles. The summed E-state index contributed by atoms with van der Waals surface area (Å²) in [6.45, 7) is 0.122. The number of methoxy groups -OCH3 is 2. The van der Waals surface area contributed by atoms with Gasteiger partial charge in [0.05, 0.1) is 30.8 Å². The predicted molar refractivity (Wildman–Crippen MR) is 133 cm³/mol. The van der Waals surface area contributed by atoms with Crippen LogP contribution in [0.2, 0.25) is 0 Å². The summed E-state index contributed by atoms with van der Waals surface area (Å²) in [6.07, 6.45) is 0.360. The van der Waals surface area contributed by atoms with Gasteiger partial charge >= 0.3 is 0 Å². The second-order valence-electron chi connectivity index (χ2n) is 8.33. The van der Waals surface area contributed by atoms with Crippen LogP contribution in [0.25, 0.3) is 5.76 Å². The van der Waals surface area contributed by atoms with E-state index >= 15 is 0 Å². The summed E-state index contributed by atoms with van der Waals surface area (Å²) in [5, 5.41) is 32.1. The normalized spacial score (nSPS) is 16.6. The summed E-state index contributed by atoms with van der Waals surface area (Å²) in [5.74, 6) is -1.19. The number of likely N-dealkylation sites (tertiary alicyclic amines) is 1. The average Bonchev–Trinajstić information content (AvgIpc) is 3.16. The van der Waals surface area contributed by atoms with Crippen LogP contribution in [0.5, 0.6) is 17.2 Å². The van der Waals surface area contributed by atoms with E-state index in [4.69, 9.17) is 9.47 Å². The topological polar surface area (TPSA) is 139 Å². The van der Waals surface area contributed by atoms with Gasteiger partial charge in [-0.2, -0.15) is 0 Å². The summed E-state index contributed by atoms with van der Waals surface area (Å²) >= 11 is 0. The molecule has 10 nitrogen and oxygen atoms in total. The van der Waals surface area contributed by atoms with E-state index in [2.05, 4.69) is 0 Å². The Balaban J connectivity index is 1.76. The number of nitro groups is 1. The van der Waals surface area contributed by atoms with Crippen molar-refractivity contribution >= 4 is 23.1 Å². The maximum Gasteiger partial charge on any atom is 0.295 e. The number of ketones is 1. The van der Waals surface area contributed by atoms with Crippen molar-refractivity contribution in [3.8, 4) is 17.2 Å². The van der Waals surface area contributed by atoms with Crippen LogP contribution in [0.1, 0.15) is 22.7 Å². The molecule has 1 heterocycles. The zero-order valence-electron chi connectivity index (χ0n) is 20.1. The first-order chi connectivity index (χ1) is 17.7. The monoisotopic (exact) mass is 504 g/mol. The highest BCUT2D eigenvalue weighted by Gasteiger charge is 2.46. The molecule has 1 fully saturated rings. The van der Waals surface area contributed by atoms with Gasteiger partial charge in [-0.1, -0.05) is 30.3 Å². The smallest absolute Gasteiger partial charge is 0.295 e. The minimum Gasteiger partial charge on any atom is -0.508 e. The molecule has 1 aliphatic rings. The summed E-state index contributed by atoms with van der Waals surface area (Å²) in [5.41, 5.74) is 0.881. The third-order valence-electron chi connectivity index (χ3n) is 6.17. The Morgan fingerprint density at radius 2 is 1.70 bits per heavy atom. The summed E-state index contributed by atoms with van der Waals surface area (Å²) in [6, 6.07) is 15.5. The van der Waals surface area contributed by atoms with Crippen LogP contribution in [-0.2, 0) is 16.0 Å². The summed E-state index contributed by atoms with van der Waals surface area (Å²) in [7, 11) is 3.04. The molecule has 1 unspecified atom stereocenters. The van der Waals surface area contributed by atoms with Crippen LogP contribution in [0.3, 0.4) is 0 Å². The minimum atomic E-state index is -0.972. The minimum absolute atomic E-state index is 0.00952. The lowest BCUT2D eigenvalue weighted by molar-refractivity contribution is -0.384. The fourth-order valence-corrected chi connectivity index (χ4v) is 4.32. The first kappa shape index (κ1) is 25.2. The highest BCUT2D eigenvalue weighted by molar-refractivity contribution is 6.46. The lowest BCUT2D eigenvalue weighted by Gasteiger charge is -2.25. The molecular formula is C27H24N2O8. The number of ether oxygens (including phenoxy) is 2. The average molecular weight is 504 g/mol. The number of hydrogen-bond donors (Lipinski definition) is 2. The van der Waals surface area contributed by atoms with Crippen molar-refractivity contribution in [2.24, 2.45) is 0 Å². The molecule has 0 bridgehead atoms. The van der Waals surface area contributed by atoms with E-state index in [0.717, 1.165) is 11.6 Å². The Bertz CT molecular complexity index is 1400. The van der Waals surface area contributed by atoms with Crippen LogP contribution in [0.15, 0.2) is 72.3 Å². The predicted octanol–water partition coefficient (Wildman–Crippen LogP) is 3.98. The molecule has 1 aliphatic heterocycles. The van der Waals surface area contributed by atoms with Crippen LogP contribution < -0.4 is 9.47 Å². The van der Waals surface area contributed by atoms with Gasteiger partial charge in [-0.25, -0.2) is 0 Å². The third-order valence-corrected chi connectivity index (χ3v) is 6.17. The Kier molecular flexibility index (Phi) is 7.10. The molecule has 37 heavy (non-hydrogen) atoms.